The molecule has 0 radical (unpaired) electrons. The quantitative estimate of drug-likeness (QED) is 0.387. The van der Waals surface area contributed by atoms with E-state index < -0.39 is 0 Å². The first-order valence-electron chi connectivity index (χ1n) is 10.7. The van der Waals surface area contributed by atoms with Crippen LogP contribution in [-0.4, -0.2) is 28.4 Å². The van der Waals surface area contributed by atoms with Crippen LogP contribution in [0.5, 0.6) is 0 Å². The number of imide groups is 1. The molecule has 6 heteroatoms. The maximum Gasteiger partial charge on any atom is 0.259 e. The maximum absolute atomic E-state index is 13.0. The van der Waals surface area contributed by atoms with Gasteiger partial charge in [0.15, 0.2) is 0 Å². The summed E-state index contributed by atoms with van der Waals surface area (Å²) in [7, 11) is 1.93. The lowest BCUT2D eigenvalue weighted by atomic mass is 9.96. The molecule has 0 saturated carbocycles. The fraction of sp³-hybridized carbons (Fsp3) is 0.200. The summed E-state index contributed by atoms with van der Waals surface area (Å²) < 4.78 is 2.36. The molecule has 2 aliphatic rings. The Kier molecular flexibility index (Phi) is 3.16. The number of H-pyrrole nitrogens is 1. The van der Waals surface area contributed by atoms with Crippen molar-refractivity contribution in [3.05, 3.63) is 58.7 Å². The molecule has 0 saturated heterocycles. The van der Waals surface area contributed by atoms with Crippen molar-refractivity contribution >= 4 is 55.4 Å². The third kappa shape index (κ3) is 1.96. The highest BCUT2D eigenvalue weighted by Crippen LogP contribution is 2.45. The number of hydrogen-bond acceptors (Lipinski definition) is 3. The number of benzene rings is 3. The number of hydrogen-bond donors (Lipinski definition) is 3. The second-order valence-electron chi connectivity index (χ2n) is 8.57. The first kappa shape index (κ1) is 17.1. The second kappa shape index (κ2) is 5.74. The van der Waals surface area contributed by atoms with Gasteiger partial charge in [-0.05, 0) is 31.0 Å². The number of rotatable bonds is 2. The average molecular weight is 408 g/mol. The van der Waals surface area contributed by atoms with E-state index in [9.17, 15) is 9.59 Å². The highest BCUT2D eigenvalue weighted by atomic mass is 16.2. The molecule has 3 aromatic carbocycles. The van der Waals surface area contributed by atoms with Crippen LogP contribution < -0.4 is 10.6 Å². The van der Waals surface area contributed by atoms with E-state index in [1.54, 1.807) is 0 Å². The Morgan fingerprint density at radius 1 is 0.935 bits per heavy atom. The minimum Gasteiger partial charge on any atom is -0.352 e. The van der Waals surface area contributed by atoms with Crippen LogP contribution in [0.2, 0.25) is 0 Å². The van der Waals surface area contributed by atoms with Crippen LogP contribution >= 0.6 is 0 Å². The van der Waals surface area contributed by atoms with Gasteiger partial charge in [-0.2, -0.15) is 0 Å². The van der Waals surface area contributed by atoms with E-state index in [4.69, 9.17) is 0 Å². The van der Waals surface area contributed by atoms with Gasteiger partial charge in [-0.25, -0.2) is 0 Å². The van der Waals surface area contributed by atoms with Gasteiger partial charge in [-0.1, -0.05) is 36.4 Å². The zero-order valence-electron chi connectivity index (χ0n) is 17.1. The Morgan fingerprint density at radius 3 is 2.55 bits per heavy atom. The van der Waals surface area contributed by atoms with Gasteiger partial charge in [0.05, 0.1) is 33.2 Å². The lowest BCUT2D eigenvalue weighted by molar-refractivity contribution is 0.0880. The molecule has 0 atom stereocenters. The zero-order chi connectivity index (χ0) is 20.9. The Morgan fingerprint density at radius 2 is 1.71 bits per heavy atom. The van der Waals surface area contributed by atoms with Gasteiger partial charge in [0.1, 0.15) is 0 Å². The van der Waals surface area contributed by atoms with E-state index in [1.807, 2.05) is 19.2 Å². The summed E-state index contributed by atoms with van der Waals surface area (Å²) in [6.07, 6.45) is 2.09. The van der Waals surface area contributed by atoms with Crippen molar-refractivity contribution < 1.29 is 9.59 Å². The number of nitrogens with zero attached hydrogens (tertiary/aromatic N) is 1. The van der Waals surface area contributed by atoms with E-state index in [-0.39, 0.29) is 11.8 Å². The number of carbonyl (C=O) groups is 2. The molecule has 4 heterocycles. The van der Waals surface area contributed by atoms with Crippen LogP contribution in [0.1, 0.15) is 38.3 Å². The highest BCUT2D eigenvalue weighted by molar-refractivity contribution is 6.39. The minimum atomic E-state index is -0.307. The molecular formula is C25H20N4O2. The minimum absolute atomic E-state index is 0.295. The smallest absolute Gasteiger partial charge is 0.259 e. The van der Waals surface area contributed by atoms with E-state index >= 15 is 0 Å². The standard InChI is InChI=1S/C25H20N4O2/c1-26-11-13-6-3-8-14-16-18-19(25(31)28-24(18)30)17-15-9-2-5-12-7-4-10-29(22(12)15)23(17)21(16)27-20(13)14/h2-3,5-6,8-9,26-27H,4,7,10-11H2,1H3,(H,28,30,31). The van der Waals surface area contributed by atoms with Crippen molar-refractivity contribution in [3.63, 3.8) is 0 Å². The molecule has 0 aliphatic carbocycles. The summed E-state index contributed by atoms with van der Waals surface area (Å²) in [6.45, 7) is 1.62. The normalized spacial score (nSPS) is 15.5. The number of para-hydroxylation sites is 2. The lowest BCUT2D eigenvalue weighted by Gasteiger charge is -2.16. The predicted molar refractivity (Wildman–Crippen MR) is 122 cm³/mol. The molecule has 6 nitrogen and oxygen atoms in total. The van der Waals surface area contributed by atoms with Gasteiger partial charge in [0.25, 0.3) is 11.8 Å². The third-order valence-corrected chi connectivity index (χ3v) is 6.95. The molecule has 5 aromatic rings. The SMILES string of the molecule is CNCc1cccc2c1[nH]c1c2c2c(c3c4cccc5c4n(c13)CCC5)C(=O)NC2=O. The molecule has 0 spiro atoms. The molecule has 31 heavy (non-hydrogen) atoms. The summed E-state index contributed by atoms with van der Waals surface area (Å²) in [5, 5.41) is 9.59. The van der Waals surface area contributed by atoms with Gasteiger partial charge in [-0.3, -0.25) is 14.9 Å². The summed E-state index contributed by atoms with van der Waals surface area (Å²) in [6, 6.07) is 12.5. The number of aromatic amines is 1. The molecule has 0 fully saturated rings. The monoisotopic (exact) mass is 408 g/mol. The van der Waals surface area contributed by atoms with Crippen LogP contribution in [-0.2, 0) is 19.5 Å². The number of aromatic nitrogens is 2. The molecule has 2 amide bonds. The van der Waals surface area contributed by atoms with Gasteiger partial charge in [-0.15, -0.1) is 0 Å². The summed E-state index contributed by atoms with van der Waals surface area (Å²) >= 11 is 0. The van der Waals surface area contributed by atoms with Crippen molar-refractivity contribution in [2.75, 3.05) is 7.05 Å². The van der Waals surface area contributed by atoms with Crippen molar-refractivity contribution in [2.45, 2.75) is 25.9 Å². The van der Waals surface area contributed by atoms with Crippen LogP contribution in [0, 0.1) is 0 Å². The average Bonchev–Trinajstić information content (AvgIpc) is 3.40. The molecular weight excluding hydrogens is 388 g/mol. The largest absolute Gasteiger partial charge is 0.352 e. The molecule has 0 bridgehead atoms. The van der Waals surface area contributed by atoms with E-state index in [2.05, 4.69) is 44.5 Å². The van der Waals surface area contributed by atoms with E-state index in [0.29, 0.717) is 17.7 Å². The lowest BCUT2D eigenvalue weighted by Crippen LogP contribution is -2.20. The van der Waals surface area contributed by atoms with Crippen molar-refractivity contribution in [3.8, 4) is 0 Å². The second-order valence-corrected chi connectivity index (χ2v) is 8.57. The summed E-state index contributed by atoms with van der Waals surface area (Å²) in [5.41, 5.74) is 7.66. The molecule has 3 N–H and O–H groups in total. The van der Waals surface area contributed by atoms with Gasteiger partial charge in [0.2, 0.25) is 0 Å². The Hall–Kier alpha value is -3.64. The first-order valence-corrected chi connectivity index (χ1v) is 10.7. The van der Waals surface area contributed by atoms with Crippen LogP contribution in [0.25, 0.3) is 43.6 Å². The molecule has 0 unspecified atom stereocenters. The molecule has 7 rings (SSSR count). The maximum atomic E-state index is 13.0. The predicted octanol–water partition coefficient (Wildman–Crippen LogP) is 3.98. The van der Waals surface area contributed by atoms with Crippen molar-refractivity contribution in [1.29, 1.82) is 0 Å². The van der Waals surface area contributed by atoms with E-state index in [0.717, 1.165) is 63.0 Å². The summed E-state index contributed by atoms with van der Waals surface area (Å²) in [5.74, 6) is -0.602. The van der Waals surface area contributed by atoms with Gasteiger partial charge in [0, 0.05) is 34.6 Å². The fourth-order valence-electron chi connectivity index (χ4n) is 5.84. The number of carbonyl (C=O) groups excluding carboxylic acids is 2. The fourth-order valence-corrected chi connectivity index (χ4v) is 5.84. The number of nitrogens with one attached hydrogen (secondary N) is 3. The third-order valence-electron chi connectivity index (χ3n) is 6.95. The van der Waals surface area contributed by atoms with Crippen molar-refractivity contribution in [2.24, 2.45) is 0 Å². The topological polar surface area (TPSA) is 78.9 Å². The van der Waals surface area contributed by atoms with Gasteiger partial charge < -0.3 is 14.9 Å². The first-order chi connectivity index (χ1) is 15.2. The molecule has 2 aliphatic heterocycles. The van der Waals surface area contributed by atoms with Crippen LogP contribution in [0.3, 0.4) is 0 Å². The number of amides is 2. The van der Waals surface area contributed by atoms with E-state index in [1.165, 1.54) is 11.1 Å². The van der Waals surface area contributed by atoms with Crippen LogP contribution in [0.4, 0.5) is 0 Å². The Balaban J connectivity index is 1.82. The highest BCUT2D eigenvalue weighted by Gasteiger charge is 2.36. The Labute approximate surface area is 177 Å². The Bertz CT molecular complexity index is 1640. The molecule has 152 valence electrons. The molecule has 2 aromatic heterocycles. The van der Waals surface area contributed by atoms with Crippen LogP contribution in [0.15, 0.2) is 36.4 Å². The summed E-state index contributed by atoms with van der Waals surface area (Å²) in [4.78, 5) is 29.7. The number of aryl methyl sites for hydroxylation is 2. The zero-order valence-corrected chi connectivity index (χ0v) is 17.1. The number of fused-ring (bicyclic) bond motifs is 10. The van der Waals surface area contributed by atoms with Gasteiger partial charge >= 0.3 is 0 Å². The van der Waals surface area contributed by atoms with Crippen molar-refractivity contribution in [1.82, 2.24) is 20.2 Å².